The van der Waals surface area contributed by atoms with Gasteiger partial charge >= 0.3 is 0 Å². The Morgan fingerprint density at radius 2 is 1.88 bits per heavy atom. The third-order valence-electron chi connectivity index (χ3n) is 6.84. The van der Waals surface area contributed by atoms with Crippen molar-refractivity contribution < 1.29 is 9.53 Å². The molecule has 3 rings (SSSR count). The molecular weight excluding hydrogens is 348 g/mol. The Bertz CT molecular complexity index is 652. The van der Waals surface area contributed by atoms with Crippen LogP contribution in [-0.2, 0) is 14.9 Å². The van der Waals surface area contributed by atoms with E-state index in [1.807, 2.05) is 32.9 Å². The summed E-state index contributed by atoms with van der Waals surface area (Å²) in [6, 6.07) is 8.06. The minimum Gasteiger partial charge on any atom is -0.378 e. The molecule has 4 nitrogen and oxygen atoms in total. The monoisotopic (exact) mass is 378 g/mol. The van der Waals surface area contributed by atoms with Gasteiger partial charge in [-0.05, 0) is 37.5 Å². The van der Waals surface area contributed by atoms with E-state index in [2.05, 4.69) is 17.4 Å². The van der Waals surface area contributed by atoms with Gasteiger partial charge in [-0.1, -0.05) is 50.4 Å². The Morgan fingerprint density at radius 1 is 1.27 bits per heavy atom. The van der Waals surface area contributed by atoms with Gasteiger partial charge in [-0.15, -0.1) is 0 Å². The predicted molar refractivity (Wildman–Crippen MR) is 105 cm³/mol. The van der Waals surface area contributed by atoms with Crippen molar-refractivity contribution in [3.8, 4) is 0 Å². The van der Waals surface area contributed by atoms with Crippen LogP contribution >= 0.6 is 11.6 Å². The summed E-state index contributed by atoms with van der Waals surface area (Å²) in [5.74, 6) is -0.0568. The molecule has 144 valence electrons. The van der Waals surface area contributed by atoms with E-state index < -0.39 is 5.54 Å². The molecular formula is C21H31ClN2O2. The minimum atomic E-state index is -0.868. The molecule has 0 aromatic heterocycles. The summed E-state index contributed by atoms with van der Waals surface area (Å²) in [5, 5.41) is 3.93. The number of rotatable bonds is 6. The fourth-order valence-electron chi connectivity index (χ4n) is 4.65. The van der Waals surface area contributed by atoms with Crippen molar-refractivity contribution in [1.29, 1.82) is 0 Å². The molecule has 0 aliphatic heterocycles. The first-order chi connectivity index (χ1) is 12.2. The van der Waals surface area contributed by atoms with Crippen LogP contribution in [0.25, 0.3) is 0 Å². The summed E-state index contributed by atoms with van der Waals surface area (Å²) in [5.41, 5.74) is 6.53. The third-order valence-corrected chi connectivity index (χ3v) is 7.09. The summed E-state index contributed by atoms with van der Waals surface area (Å²) in [4.78, 5) is 13.0. The molecule has 1 aromatic rings. The number of benzene rings is 1. The van der Waals surface area contributed by atoms with Crippen LogP contribution in [0.4, 0.5) is 0 Å². The maximum atomic E-state index is 13.0. The second kappa shape index (κ2) is 7.14. The molecule has 0 spiro atoms. The quantitative estimate of drug-likeness (QED) is 0.791. The largest absolute Gasteiger partial charge is 0.378 e. The van der Waals surface area contributed by atoms with Crippen LogP contribution in [0.15, 0.2) is 24.3 Å². The van der Waals surface area contributed by atoms with Crippen LogP contribution in [0.5, 0.6) is 0 Å². The van der Waals surface area contributed by atoms with Gasteiger partial charge in [0.05, 0.1) is 6.10 Å². The summed E-state index contributed by atoms with van der Waals surface area (Å²) >= 11 is 6.05. The van der Waals surface area contributed by atoms with Gasteiger partial charge < -0.3 is 15.8 Å². The lowest BCUT2D eigenvalue weighted by Gasteiger charge is -2.57. The van der Waals surface area contributed by atoms with Crippen LogP contribution in [0.3, 0.4) is 0 Å². The molecule has 1 aromatic carbocycles. The van der Waals surface area contributed by atoms with Gasteiger partial charge in [0.25, 0.3) is 0 Å². The fourth-order valence-corrected chi connectivity index (χ4v) is 4.78. The van der Waals surface area contributed by atoms with Crippen molar-refractivity contribution in [1.82, 2.24) is 5.32 Å². The predicted octanol–water partition coefficient (Wildman–Crippen LogP) is 3.80. The number of carbonyl (C=O) groups is 1. The molecule has 2 aliphatic carbocycles. The van der Waals surface area contributed by atoms with E-state index >= 15 is 0 Å². The number of amides is 1. The van der Waals surface area contributed by atoms with Crippen LogP contribution in [0.2, 0.25) is 5.02 Å². The minimum absolute atomic E-state index is 0.0101. The van der Waals surface area contributed by atoms with E-state index in [1.54, 1.807) is 0 Å². The smallest absolute Gasteiger partial charge is 0.240 e. The van der Waals surface area contributed by atoms with E-state index in [1.165, 1.54) is 18.4 Å². The average molecular weight is 379 g/mol. The Kier molecular flexibility index (Phi) is 5.40. The van der Waals surface area contributed by atoms with Gasteiger partial charge in [0, 0.05) is 35.4 Å². The van der Waals surface area contributed by atoms with Gasteiger partial charge in [0.15, 0.2) is 0 Å². The molecule has 26 heavy (non-hydrogen) atoms. The van der Waals surface area contributed by atoms with Crippen molar-refractivity contribution in [2.24, 2.45) is 11.1 Å². The summed E-state index contributed by atoms with van der Waals surface area (Å²) in [7, 11) is 0. The van der Waals surface area contributed by atoms with Gasteiger partial charge in [-0.25, -0.2) is 0 Å². The lowest BCUT2D eigenvalue weighted by molar-refractivity contribution is -0.170. The van der Waals surface area contributed by atoms with E-state index in [0.29, 0.717) is 19.6 Å². The highest BCUT2D eigenvalue weighted by Crippen LogP contribution is 2.50. The van der Waals surface area contributed by atoms with Crippen molar-refractivity contribution in [2.75, 3.05) is 13.2 Å². The first-order valence-corrected chi connectivity index (χ1v) is 10.1. The lowest BCUT2D eigenvalue weighted by atomic mass is 9.54. The van der Waals surface area contributed by atoms with Gasteiger partial charge in [-0.2, -0.15) is 0 Å². The van der Waals surface area contributed by atoms with Crippen LogP contribution in [0.1, 0.15) is 58.4 Å². The Hall–Kier alpha value is -1.10. The Morgan fingerprint density at radius 3 is 2.42 bits per heavy atom. The number of nitrogens with two attached hydrogens (primary N) is 1. The van der Waals surface area contributed by atoms with Crippen LogP contribution in [0, 0.1) is 5.41 Å². The third kappa shape index (κ3) is 3.17. The normalized spacial score (nSPS) is 29.2. The SMILES string of the molecule is CCOC1CC(N)(C(=O)NCC2(c3ccc(Cl)cc3)CCCC2)C1(C)C. The maximum Gasteiger partial charge on any atom is 0.240 e. The molecule has 1 amide bonds. The number of halogens is 1. The van der Waals surface area contributed by atoms with Crippen molar-refractivity contribution in [3.05, 3.63) is 34.9 Å². The molecule has 0 saturated heterocycles. The topological polar surface area (TPSA) is 64.3 Å². The van der Waals surface area contributed by atoms with E-state index in [0.717, 1.165) is 17.9 Å². The molecule has 2 fully saturated rings. The summed E-state index contributed by atoms with van der Waals surface area (Å²) < 4.78 is 5.74. The van der Waals surface area contributed by atoms with E-state index in [4.69, 9.17) is 22.1 Å². The summed E-state index contributed by atoms with van der Waals surface area (Å²) in [6.45, 7) is 7.30. The number of hydrogen-bond acceptors (Lipinski definition) is 3. The van der Waals surface area contributed by atoms with Crippen molar-refractivity contribution in [2.45, 2.75) is 69.9 Å². The zero-order valence-electron chi connectivity index (χ0n) is 16.1. The highest BCUT2D eigenvalue weighted by atomic mass is 35.5. The fraction of sp³-hybridized carbons (Fsp3) is 0.667. The Balaban J connectivity index is 1.70. The molecule has 2 unspecified atom stereocenters. The lowest BCUT2D eigenvalue weighted by Crippen LogP contribution is -2.76. The van der Waals surface area contributed by atoms with Gasteiger partial charge in [0.2, 0.25) is 5.91 Å². The number of carbonyl (C=O) groups excluding carboxylic acids is 1. The highest BCUT2D eigenvalue weighted by Gasteiger charge is 2.63. The maximum absolute atomic E-state index is 13.0. The zero-order valence-corrected chi connectivity index (χ0v) is 16.9. The van der Waals surface area contributed by atoms with Gasteiger partial charge in [0.1, 0.15) is 5.54 Å². The first kappa shape index (κ1) is 19.7. The Labute approximate surface area is 161 Å². The molecule has 2 saturated carbocycles. The molecule has 2 atom stereocenters. The number of hydrogen-bond donors (Lipinski definition) is 2. The van der Waals surface area contributed by atoms with Crippen LogP contribution < -0.4 is 11.1 Å². The number of nitrogens with one attached hydrogen (secondary N) is 1. The summed E-state index contributed by atoms with van der Waals surface area (Å²) in [6.07, 6.45) is 5.15. The first-order valence-electron chi connectivity index (χ1n) is 9.70. The van der Waals surface area contributed by atoms with Crippen molar-refractivity contribution in [3.63, 3.8) is 0 Å². The van der Waals surface area contributed by atoms with E-state index in [9.17, 15) is 4.79 Å². The molecule has 5 heteroatoms. The number of ether oxygens (including phenoxy) is 1. The zero-order chi connectivity index (χ0) is 19.0. The molecule has 0 bridgehead atoms. The molecule has 2 aliphatic rings. The molecule has 0 heterocycles. The molecule has 3 N–H and O–H groups in total. The second-order valence-electron chi connectivity index (χ2n) is 8.52. The average Bonchev–Trinajstić information content (AvgIpc) is 3.10. The van der Waals surface area contributed by atoms with E-state index in [-0.39, 0.29) is 22.8 Å². The highest BCUT2D eigenvalue weighted by molar-refractivity contribution is 6.30. The second-order valence-corrected chi connectivity index (χ2v) is 8.95. The van der Waals surface area contributed by atoms with Gasteiger partial charge in [-0.3, -0.25) is 4.79 Å². The molecule has 0 radical (unpaired) electrons. The van der Waals surface area contributed by atoms with Crippen LogP contribution in [-0.4, -0.2) is 30.7 Å². The van der Waals surface area contributed by atoms with Crippen molar-refractivity contribution >= 4 is 17.5 Å². The standard InChI is InChI=1S/C21H31ClN2O2/c1-4-26-17-13-21(23,19(17,2)3)18(25)24-14-20(11-5-6-12-20)15-7-9-16(22)10-8-15/h7-10,17H,4-6,11-14,23H2,1-3H3,(H,24,25).